The number of nitrogens with one attached hydrogen (secondary N) is 1. The number of phenolic OH excluding ortho intramolecular Hbond substituents is 1. The maximum atomic E-state index is 12.5. The maximum Gasteiger partial charge on any atom is 0.251 e. The van der Waals surface area contributed by atoms with Crippen LogP contribution in [0.5, 0.6) is 5.75 Å². The first-order valence-electron chi connectivity index (χ1n) is 8.64. The Balaban J connectivity index is 1.50. The molecule has 4 fully saturated rings. The summed E-state index contributed by atoms with van der Waals surface area (Å²) in [6.45, 7) is 2.19. The minimum atomic E-state index is -0.0563. The molecule has 1 aromatic rings. The zero-order chi connectivity index (χ0) is 15.3. The lowest BCUT2D eigenvalue weighted by Crippen LogP contribution is -2.55. The Morgan fingerprint density at radius 1 is 1.18 bits per heavy atom. The van der Waals surface area contributed by atoms with Crippen LogP contribution in [0.25, 0.3) is 0 Å². The number of benzene rings is 1. The van der Waals surface area contributed by atoms with Crippen LogP contribution in [0.2, 0.25) is 0 Å². The highest BCUT2D eigenvalue weighted by molar-refractivity contribution is 5.94. The second-order valence-electron chi connectivity index (χ2n) is 8.03. The first-order chi connectivity index (χ1) is 10.5. The van der Waals surface area contributed by atoms with Gasteiger partial charge in [0.1, 0.15) is 5.75 Å². The van der Waals surface area contributed by atoms with Gasteiger partial charge in [0.2, 0.25) is 0 Å². The highest BCUT2D eigenvalue weighted by Gasteiger charge is 2.53. The van der Waals surface area contributed by atoms with E-state index >= 15 is 0 Å². The van der Waals surface area contributed by atoms with Crippen LogP contribution in [-0.2, 0) is 0 Å². The van der Waals surface area contributed by atoms with Crippen LogP contribution < -0.4 is 5.32 Å². The highest BCUT2D eigenvalue weighted by Crippen LogP contribution is 2.61. The van der Waals surface area contributed by atoms with E-state index in [0.717, 1.165) is 17.8 Å². The van der Waals surface area contributed by atoms with Crippen molar-refractivity contribution < 1.29 is 9.90 Å². The summed E-state index contributed by atoms with van der Waals surface area (Å²) < 4.78 is 0. The van der Waals surface area contributed by atoms with Gasteiger partial charge in [-0.1, -0.05) is 6.07 Å². The smallest absolute Gasteiger partial charge is 0.251 e. The quantitative estimate of drug-likeness (QED) is 0.893. The van der Waals surface area contributed by atoms with Crippen LogP contribution >= 0.6 is 0 Å². The third kappa shape index (κ3) is 2.31. The number of rotatable bonds is 3. The Hall–Kier alpha value is -1.51. The van der Waals surface area contributed by atoms with Gasteiger partial charge in [-0.2, -0.15) is 0 Å². The summed E-state index contributed by atoms with van der Waals surface area (Å²) in [7, 11) is 0. The minimum Gasteiger partial charge on any atom is -0.508 e. The molecule has 118 valence electrons. The molecule has 0 saturated heterocycles. The fourth-order valence-electron chi connectivity index (χ4n) is 5.79. The van der Waals surface area contributed by atoms with Crippen molar-refractivity contribution in [2.75, 3.05) is 0 Å². The van der Waals surface area contributed by atoms with E-state index in [1.165, 1.54) is 38.5 Å². The number of aromatic hydroxyl groups is 1. The fourth-order valence-corrected chi connectivity index (χ4v) is 5.79. The zero-order valence-corrected chi connectivity index (χ0v) is 13.2. The largest absolute Gasteiger partial charge is 0.508 e. The molecule has 3 nitrogen and oxygen atoms in total. The third-order valence-electron chi connectivity index (χ3n) is 6.46. The molecule has 1 aromatic carbocycles. The lowest BCUT2D eigenvalue weighted by molar-refractivity contribution is -0.0688. The van der Waals surface area contributed by atoms with Crippen molar-refractivity contribution in [2.24, 2.45) is 23.2 Å². The second-order valence-corrected chi connectivity index (χ2v) is 8.03. The number of phenols is 1. The lowest BCUT2D eigenvalue weighted by Gasteiger charge is -2.59. The van der Waals surface area contributed by atoms with Gasteiger partial charge < -0.3 is 10.4 Å². The molecule has 0 spiro atoms. The van der Waals surface area contributed by atoms with E-state index in [1.807, 2.05) is 0 Å². The molecule has 2 N–H and O–H groups in total. The van der Waals surface area contributed by atoms with Crippen molar-refractivity contribution >= 4 is 5.91 Å². The molecule has 4 saturated carbocycles. The second kappa shape index (κ2) is 5.00. The number of amides is 1. The molecule has 4 bridgehead atoms. The van der Waals surface area contributed by atoms with E-state index in [0.29, 0.717) is 11.0 Å². The van der Waals surface area contributed by atoms with E-state index in [2.05, 4.69) is 12.2 Å². The van der Waals surface area contributed by atoms with E-state index in [-0.39, 0.29) is 17.7 Å². The lowest BCUT2D eigenvalue weighted by atomic mass is 9.48. The van der Waals surface area contributed by atoms with Crippen molar-refractivity contribution in [2.45, 2.75) is 51.5 Å². The van der Waals surface area contributed by atoms with E-state index in [9.17, 15) is 9.90 Å². The SMILES string of the molecule is CC(NC(=O)c1cccc(O)c1)C12CC3CC(CC(C3)C1)C2. The molecule has 4 aliphatic carbocycles. The van der Waals surface area contributed by atoms with Crippen LogP contribution in [0.15, 0.2) is 24.3 Å². The molecule has 0 heterocycles. The minimum absolute atomic E-state index is 0.0563. The van der Waals surface area contributed by atoms with Gasteiger partial charge >= 0.3 is 0 Å². The van der Waals surface area contributed by atoms with Gasteiger partial charge in [-0.25, -0.2) is 0 Å². The summed E-state index contributed by atoms with van der Waals surface area (Å²) in [4.78, 5) is 12.5. The molecule has 1 unspecified atom stereocenters. The van der Waals surface area contributed by atoms with Crippen molar-refractivity contribution in [1.29, 1.82) is 0 Å². The predicted molar refractivity (Wildman–Crippen MR) is 85.6 cm³/mol. The highest BCUT2D eigenvalue weighted by atomic mass is 16.3. The molecule has 22 heavy (non-hydrogen) atoms. The molecule has 1 amide bonds. The summed E-state index contributed by atoms with van der Waals surface area (Å²) in [6.07, 6.45) is 8.15. The normalized spacial score (nSPS) is 37.0. The molecule has 5 rings (SSSR count). The van der Waals surface area contributed by atoms with Gasteiger partial charge in [0, 0.05) is 11.6 Å². The Morgan fingerprint density at radius 2 is 1.77 bits per heavy atom. The summed E-state index contributed by atoms with van der Waals surface area (Å²) in [5.41, 5.74) is 0.873. The van der Waals surface area contributed by atoms with Crippen LogP contribution in [0, 0.1) is 23.2 Å². The number of hydrogen-bond donors (Lipinski definition) is 2. The molecule has 0 aliphatic heterocycles. The van der Waals surface area contributed by atoms with Crippen LogP contribution in [0.4, 0.5) is 0 Å². The summed E-state index contributed by atoms with van der Waals surface area (Å²) in [6, 6.07) is 6.85. The average molecular weight is 299 g/mol. The Kier molecular flexibility index (Phi) is 3.21. The van der Waals surface area contributed by atoms with Gasteiger partial charge in [-0.3, -0.25) is 4.79 Å². The monoisotopic (exact) mass is 299 g/mol. The van der Waals surface area contributed by atoms with Crippen molar-refractivity contribution in [3.05, 3.63) is 29.8 Å². The molecule has 0 radical (unpaired) electrons. The van der Waals surface area contributed by atoms with Gasteiger partial charge in [0.05, 0.1) is 0 Å². The van der Waals surface area contributed by atoms with Crippen molar-refractivity contribution in [3.8, 4) is 5.75 Å². The number of carbonyl (C=O) groups is 1. The van der Waals surface area contributed by atoms with E-state index in [1.54, 1.807) is 24.3 Å². The third-order valence-corrected chi connectivity index (χ3v) is 6.46. The number of hydrogen-bond acceptors (Lipinski definition) is 2. The van der Waals surface area contributed by atoms with Crippen LogP contribution in [0.3, 0.4) is 0 Å². The van der Waals surface area contributed by atoms with E-state index in [4.69, 9.17) is 0 Å². The molecule has 0 aromatic heterocycles. The summed E-state index contributed by atoms with van der Waals surface area (Å²) >= 11 is 0. The standard InChI is InChI=1S/C19H25NO2/c1-12(20-18(22)16-3-2-4-17(21)8-16)19-9-13-5-14(10-19)7-15(6-13)11-19/h2-4,8,12-15,21H,5-7,9-11H2,1H3,(H,20,22). The first kappa shape index (κ1) is 14.1. The van der Waals surface area contributed by atoms with E-state index < -0.39 is 0 Å². The topological polar surface area (TPSA) is 49.3 Å². The van der Waals surface area contributed by atoms with Gasteiger partial charge in [0.25, 0.3) is 5.91 Å². The fraction of sp³-hybridized carbons (Fsp3) is 0.632. The van der Waals surface area contributed by atoms with Gasteiger partial charge in [-0.05, 0) is 86.8 Å². The Labute approximate surface area is 132 Å². The molecule has 4 aliphatic rings. The van der Waals surface area contributed by atoms with Crippen LogP contribution in [-0.4, -0.2) is 17.1 Å². The molecular weight excluding hydrogens is 274 g/mol. The molecule has 1 atom stereocenters. The Morgan fingerprint density at radius 3 is 2.32 bits per heavy atom. The van der Waals surface area contributed by atoms with Gasteiger partial charge in [-0.15, -0.1) is 0 Å². The molecular formula is C19H25NO2. The predicted octanol–water partition coefficient (Wildman–Crippen LogP) is 3.73. The average Bonchev–Trinajstić information content (AvgIpc) is 2.45. The first-order valence-corrected chi connectivity index (χ1v) is 8.64. The zero-order valence-electron chi connectivity index (χ0n) is 13.2. The number of carbonyl (C=O) groups excluding carboxylic acids is 1. The van der Waals surface area contributed by atoms with Crippen molar-refractivity contribution in [1.82, 2.24) is 5.32 Å². The Bertz CT molecular complexity index is 560. The van der Waals surface area contributed by atoms with Gasteiger partial charge in [0.15, 0.2) is 0 Å². The van der Waals surface area contributed by atoms with Crippen LogP contribution in [0.1, 0.15) is 55.8 Å². The van der Waals surface area contributed by atoms with Crippen molar-refractivity contribution in [3.63, 3.8) is 0 Å². The molecule has 3 heteroatoms. The summed E-state index contributed by atoms with van der Waals surface area (Å²) in [5.74, 6) is 2.78. The summed E-state index contributed by atoms with van der Waals surface area (Å²) in [5, 5.41) is 12.8. The maximum absolute atomic E-state index is 12.5.